The molecule has 3 rings (SSSR count). The minimum atomic E-state index is -4.65. The van der Waals surface area contributed by atoms with Crippen LogP contribution in [0.3, 0.4) is 0 Å². The molecule has 0 aliphatic carbocycles. The Morgan fingerprint density at radius 2 is 1.77 bits per heavy atom. The van der Waals surface area contributed by atoms with Gasteiger partial charge in [0.05, 0.1) is 22.4 Å². The molecule has 0 aliphatic rings. The summed E-state index contributed by atoms with van der Waals surface area (Å²) >= 11 is 0. The quantitative estimate of drug-likeness (QED) is 0.774. The average molecular weight is 360 g/mol. The minimum Gasteiger partial charge on any atom is -0.337 e. The molecule has 3 aromatic rings. The van der Waals surface area contributed by atoms with E-state index in [1.807, 2.05) is 12.2 Å². The third-order valence-electron chi connectivity index (χ3n) is 3.96. The fraction of sp³-hybridized carbons (Fsp3) is 0.222. The standard InChI is InChI=1S/C18H15F3N4O/c1-10-11(2)24-15-8-12(5-6-14(15)23-10)17(26)25-16(18(19,20)21)13-4-3-7-22-9-13/h3-9,16H,1-2H3,(H,25,26)/t16-/m1/s1. The maximum atomic E-state index is 13.4. The van der Waals surface area contributed by atoms with E-state index < -0.39 is 18.1 Å². The van der Waals surface area contributed by atoms with Crippen LogP contribution in [-0.2, 0) is 0 Å². The van der Waals surface area contributed by atoms with Crippen molar-refractivity contribution in [2.45, 2.75) is 26.1 Å². The van der Waals surface area contributed by atoms with Crippen molar-refractivity contribution in [2.75, 3.05) is 0 Å². The maximum absolute atomic E-state index is 13.4. The zero-order valence-corrected chi connectivity index (χ0v) is 14.0. The van der Waals surface area contributed by atoms with Crippen LogP contribution in [0.4, 0.5) is 13.2 Å². The predicted molar refractivity (Wildman–Crippen MR) is 89.5 cm³/mol. The Kier molecular flexibility index (Phi) is 4.58. The second-order valence-electron chi connectivity index (χ2n) is 5.83. The third-order valence-corrected chi connectivity index (χ3v) is 3.96. The SMILES string of the molecule is Cc1nc2ccc(C(=O)N[C@H](c3cccnc3)C(F)(F)F)cc2nc1C. The summed E-state index contributed by atoms with van der Waals surface area (Å²) in [5, 5.41) is 2.03. The number of carbonyl (C=O) groups excluding carboxylic acids is 1. The van der Waals surface area contributed by atoms with E-state index in [1.165, 1.54) is 30.5 Å². The Hall–Kier alpha value is -3.03. The predicted octanol–water partition coefficient (Wildman–Crippen LogP) is 3.68. The number of amides is 1. The number of aryl methyl sites for hydroxylation is 2. The van der Waals surface area contributed by atoms with Gasteiger partial charge in [0.2, 0.25) is 0 Å². The highest BCUT2D eigenvalue weighted by molar-refractivity contribution is 5.97. The lowest BCUT2D eigenvalue weighted by Crippen LogP contribution is -2.38. The van der Waals surface area contributed by atoms with Crippen LogP contribution >= 0.6 is 0 Å². The van der Waals surface area contributed by atoms with Gasteiger partial charge in [-0.05, 0) is 38.1 Å². The number of nitrogens with zero attached hydrogens (tertiary/aromatic N) is 3. The molecular weight excluding hydrogens is 345 g/mol. The lowest BCUT2D eigenvalue weighted by Gasteiger charge is -2.21. The number of benzene rings is 1. The highest BCUT2D eigenvalue weighted by Gasteiger charge is 2.42. The molecule has 0 spiro atoms. The summed E-state index contributed by atoms with van der Waals surface area (Å²) in [6.45, 7) is 3.58. The number of nitrogens with one attached hydrogen (secondary N) is 1. The zero-order chi connectivity index (χ0) is 18.9. The number of rotatable bonds is 3. The number of fused-ring (bicyclic) bond motifs is 1. The molecule has 1 atom stereocenters. The lowest BCUT2D eigenvalue weighted by atomic mass is 10.1. The normalized spacial score (nSPS) is 12.8. The molecule has 0 unspecified atom stereocenters. The van der Waals surface area contributed by atoms with Crippen molar-refractivity contribution in [1.29, 1.82) is 0 Å². The van der Waals surface area contributed by atoms with Gasteiger partial charge in [-0.15, -0.1) is 0 Å². The van der Waals surface area contributed by atoms with Gasteiger partial charge < -0.3 is 5.32 Å². The number of hydrogen-bond donors (Lipinski definition) is 1. The van der Waals surface area contributed by atoms with Crippen molar-refractivity contribution < 1.29 is 18.0 Å². The minimum absolute atomic E-state index is 0.0770. The Balaban J connectivity index is 1.92. The van der Waals surface area contributed by atoms with Crippen LogP contribution in [0, 0.1) is 13.8 Å². The zero-order valence-electron chi connectivity index (χ0n) is 14.0. The summed E-state index contributed by atoms with van der Waals surface area (Å²) in [6.07, 6.45) is -2.20. The molecule has 5 nitrogen and oxygen atoms in total. The molecule has 134 valence electrons. The first-order valence-electron chi connectivity index (χ1n) is 7.78. The van der Waals surface area contributed by atoms with Gasteiger partial charge in [0.1, 0.15) is 0 Å². The smallest absolute Gasteiger partial charge is 0.337 e. The number of carbonyl (C=O) groups is 1. The molecule has 0 fully saturated rings. The number of halogens is 3. The van der Waals surface area contributed by atoms with Crippen molar-refractivity contribution in [1.82, 2.24) is 20.3 Å². The highest BCUT2D eigenvalue weighted by Crippen LogP contribution is 2.32. The molecule has 26 heavy (non-hydrogen) atoms. The Labute approximate surface area is 147 Å². The molecule has 2 heterocycles. The van der Waals surface area contributed by atoms with Crippen LogP contribution in [0.1, 0.15) is 33.4 Å². The van der Waals surface area contributed by atoms with Crippen molar-refractivity contribution in [3.8, 4) is 0 Å². The molecule has 2 aromatic heterocycles. The van der Waals surface area contributed by atoms with Crippen molar-refractivity contribution in [3.63, 3.8) is 0 Å². The lowest BCUT2D eigenvalue weighted by molar-refractivity contribution is -0.155. The van der Waals surface area contributed by atoms with E-state index in [2.05, 4.69) is 15.0 Å². The Morgan fingerprint density at radius 3 is 2.38 bits per heavy atom. The largest absolute Gasteiger partial charge is 0.412 e. The molecule has 0 radical (unpaired) electrons. The van der Waals surface area contributed by atoms with Crippen LogP contribution < -0.4 is 5.32 Å². The van der Waals surface area contributed by atoms with Gasteiger partial charge in [-0.25, -0.2) is 9.97 Å². The number of pyridine rings is 1. The van der Waals surface area contributed by atoms with E-state index in [0.29, 0.717) is 16.7 Å². The van der Waals surface area contributed by atoms with Crippen LogP contribution in [-0.4, -0.2) is 27.0 Å². The molecule has 0 saturated heterocycles. The van der Waals surface area contributed by atoms with E-state index in [9.17, 15) is 18.0 Å². The van der Waals surface area contributed by atoms with Gasteiger partial charge in [0, 0.05) is 23.5 Å². The van der Waals surface area contributed by atoms with E-state index in [4.69, 9.17) is 0 Å². The van der Waals surface area contributed by atoms with Gasteiger partial charge in [-0.2, -0.15) is 13.2 Å². The van der Waals surface area contributed by atoms with E-state index in [0.717, 1.165) is 11.9 Å². The molecule has 1 N–H and O–H groups in total. The molecular formula is C18H15F3N4O. The Bertz CT molecular complexity index is 958. The summed E-state index contributed by atoms with van der Waals surface area (Å²) in [6, 6.07) is 4.93. The van der Waals surface area contributed by atoms with Crippen molar-refractivity contribution in [2.24, 2.45) is 0 Å². The van der Waals surface area contributed by atoms with Crippen LogP contribution in [0.2, 0.25) is 0 Å². The fourth-order valence-corrected chi connectivity index (χ4v) is 2.49. The van der Waals surface area contributed by atoms with Gasteiger partial charge in [0.15, 0.2) is 6.04 Å². The molecule has 8 heteroatoms. The van der Waals surface area contributed by atoms with Crippen molar-refractivity contribution in [3.05, 3.63) is 65.2 Å². The first-order valence-corrected chi connectivity index (χ1v) is 7.78. The van der Waals surface area contributed by atoms with Crippen LogP contribution in [0.5, 0.6) is 0 Å². The molecule has 1 aromatic carbocycles. The average Bonchev–Trinajstić information content (AvgIpc) is 2.60. The van der Waals surface area contributed by atoms with Crippen LogP contribution in [0.25, 0.3) is 11.0 Å². The Morgan fingerprint density at radius 1 is 1.08 bits per heavy atom. The van der Waals surface area contributed by atoms with E-state index >= 15 is 0 Å². The van der Waals surface area contributed by atoms with Gasteiger partial charge in [-0.3, -0.25) is 9.78 Å². The van der Waals surface area contributed by atoms with Crippen LogP contribution in [0.15, 0.2) is 42.7 Å². The second kappa shape index (κ2) is 6.70. The number of hydrogen-bond acceptors (Lipinski definition) is 4. The number of aromatic nitrogens is 3. The third kappa shape index (κ3) is 3.63. The van der Waals surface area contributed by atoms with Gasteiger partial charge >= 0.3 is 6.18 Å². The first-order chi connectivity index (χ1) is 12.3. The van der Waals surface area contributed by atoms with Gasteiger partial charge in [-0.1, -0.05) is 6.07 Å². The van der Waals surface area contributed by atoms with Gasteiger partial charge in [0.25, 0.3) is 5.91 Å². The number of alkyl halides is 3. The molecule has 0 saturated carbocycles. The summed E-state index contributed by atoms with van der Waals surface area (Å²) in [7, 11) is 0. The summed E-state index contributed by atoms with van der Waals surface area (Å²) in [5.41, 5.74) is 2.41. The highest BCUT2D eigenvalue weighted by atomic mass is 19.4. The topological polar surface area (TPSA) is 67.8 Å². The van der Waals surface area contributed by atoms with Crippen molar-refractivity contribution >= 4 is 16.9 Å². The second-order valence-corrected chi connectivity index (χ2v) is 5.83. The molecule has 0 aliphatic heterocycles. The fourth-order valence-electron chi connectivity index (χ4n) is 2.49. The first kappa shape index (κ1) is 17.8. The summed E-state index contributed by atoms with van der Waals surface area (Å²) < 4.78 is 40.1. The summed E-state index contributed by atoms with van der Waals surface area (Å²) in [5.74, 6) is -0.849. The van der Waals surface area contributed by atoms with E-state index in [-0.39, 0.29) is 11.1 Å². The molecule has 0 bridgehead atoms. The van der Waals surface area contributed by atoms with E-state index in [1.54, 1.807) is 13.0 Å². The maximum Gasteiger partial charge on any atom is 0.412 e. The monoisotopic (exact) mass is 360 g/mol. The molecule has 1 amide bonds. The summed E-state index contributed by atoms with van der Waals surface area (Å²) in [4.78, 5) is 24.7.